The number of methoxy groups -OCH3 is 1. The third-order valence-corrected chi connectivity index (χ3v) is 4.52. The molecule has 3 N–H and O–H groups in total. The molecule has 1 aliphatic rings. The number of carbonyl (C=O) groups excluding carboxylic acids is 1. The van der Waals surface area contributed by atoms with Gasteiger partial charge in [-0.25, -0.2) is 4.68 Å². The molecular formula is C19H17N3O3. The number of aryl methyl sites for hydroxylation is 1. The Morgan fingerprint density at radius 1 is 1.20 bits per heavy atom. The highest BCUT2D eigenvalue weighted by atomic mass is 16.5. The minimum absolute atomic E-state index is 0.229. The number of aromatic nitrogens is 2. The molecule has 6 heteroatoms. The number of aromatic hydroxyl groups is 1. The molecule has 4 rings (SSSR count). The quantitative estimate of drug-likeness (QED) is 0.769. The van der Waals surface area contributed by atoms with E-state index >= 15 is 0 Å². The molecule has 0 fully saturated rings. The van der Waals surface area contributed by atoms with Crippen molar-refractivity contribution in [1.29, 1.82) is 0 Å². The van der Waals surface area contributed by atoms with Gasteiger partial charge in [0.2, 0.25) is 0 Å². The van der Waals surface area contributed by atoms with Gasteiger partial charge in [-0.1, -0.05) is 0 Å². The molecule has 2 aromatic carbocycles. The van der Waals surface area contributed by atoms with Crippen LogP contribution in [0.4, 0.5) is 0 Å². The summed E-state index contributed by atoms with van der Waals surface area (Å²) in [5, 5.41) is 14.2. The largest absolute Gasteiger partial charge is 0.508 e. The lowest BCUT2D eigenvalue weighted by atomic mass is 9.88. The van der Waals surface area contributed by atoms with Gasteiger partial charge in [-0.3, -0.25) is 4.79 Å². The molecule has 1 amide bonds. The molecule has 0 aliphatic heterocycles. The molecule has 3 aromatic rings. The zero-order valence-electron chi connectivity index (χ0n) is 13.7. The third-order valence-electron chi connectivity index (χ3n) is 4.52. The van der Waals surface area contributed by atoms with E-state index < -0.39 is 5.91 Å². The van der Waals surface area contributed by atoms with E-state index in [-0.39, 0.29) is 5.75 Å². The number of phenolic OH excluding ortho intramolecular Hbond substituents is 1. The zero-order valence-corrected chi connectivity index (χ0v) is 13.7. The number of ether oxygens (including phenoxy) is 1. The maximum absolute atomic E-state index is 11.9. The molecule has 1 aromatic heterocycles. The first-order chi connectivity index (χ1) is 12.1. The highest BCUT2D eigenvalue weighted by Crippen LogP contribution is 2.38. The van der Waals surface area contributed by atoms with E-state index in [0.29, 0.717) is 12.1 Å². The van der Waals surface area contributed by atoms with Crippen molar-refractivity contribution in [1.82, 2.24) is 9.78 Å². The highest BCUT2D eigenvalue weighted by molar-refractivity contribution is 5.95. The second-order valence-electron chi connectivity index (χ2n) is 5.99. The molecule has 0 radical (unpaired) electrons. The Hall–Kier alpha value is -3.28. The van der Waals surface area contributed by atoms with Crippen LogP contribution in [0, 0.1) is 0 Å². The van der Waals surface area contributed by atoms with E-state index in [4.69, 9.17) is 10.5 Å². The number of hydrogen-bond donors (Lipinski definition) is 2. The Balaban J connectivity index is 1.96. The van der Waals surface area contributed by atoms with Gasteiger partial charge < -0.3 is 15.6 Å². The Bertz CT molecular complexity index is 974. The van der Waals surface area contributed by atoms with Gasteiger partial charge in [0.15, 0.2) is 5.69 Å². The fraction of sp³-hybridized carbons (Fsp3) is 0.158. The van der Waals surface area contributed by atoms with Crippen LogP contribution in [-0.2, 0) is 12.8 Å². The first-order valence-electron chi connectivity index (χ1n) is 7.97. The fourth-order valence-corrected chi connectivity index (χ4v) is 3.35. The predicted molar refractivity (Wildman–Crippen MR) is 93.1 cm³/mol. The second-order valence-corrected chi connectivity index (χ2v) is 5.99. The topological polar surface area (TPSA) is 90.4 Å². The average Bonchev–Trinajstić information content (AvgIpc) is 3.01. The van der Waals surface area contributed by atoms with Crippen molar-refractivity contribution in [3.05, 3.63) is 59.3 Å². The van der Waals surface area contributed by atoms with Crippen LogP contribution in [-0.4, -0.2) is 27.9 Å². The smallest absolute Gasteiger partial charge is 0.269 e. The molecule has 0 atom stereocenters. The van der Waals surface area contributed by atoms with Crippen molar-refractivity contribution in [2.45, 2.75) is 12.8 Å². The van der Waals surface area contributed by atoms with E-state index in [0.717, 1.165) is 40.2 Å². The lowest BCUT2D eigenvalue weighted by molar-refractivity contribution is 0.0994. The summed E-state index contributed by atoms with van der Waals surface area (Å²) >= 11 is 0. The minimum Gasteiger partial charge on any atom is -0.508 e. The lowest BCUT2D eigenvalue weighted by Crippen LogP contribution is -2.15. The van der Waals surface area contributed by atoms with Gasteiger partial charge in [0.1, 0.15) is 11.5 Å². The summed E-state index contributed by atoms with van der Waals surface area (Å²) < 4.78 is 6.94. The van der Waals surface area contributed by atoms with Gasteiger partial charge in [-0.15, -0.1) is 0 Å². The number of hydrogen-bond acceptors (Lipinski definition) is 4. The summed E-state index contributed by atoms with van der Waals surface area (Å²) in [7, 11) is 1.61. The minimum atomic E-state index is -0.536. The lowest BCUT2D eigenvalue weighted by Gasteiger charge is -2.19. The molecule has 0 saturated heterocycles. The number of phenols is 1. The maximum atomic E-state index is 11.9. The molecule has 0 saturated carbocycles. The summed E-state index contributed by atoms with van der Waals surface area (Å²) in [5.41, 5.74) is 10.3. The first kappa shape index (κ1) is 15.3. The van der Waals surface area contributed by atoms with E-state index in [2.05, 4.69) is 5.10 Å². The van der Waals surface area contributed by atoms with Gasteiger partial charge in [-0.2, -0.15) is 5.10 Å². The normalized spacial score (nSPS) is 12.4. The van der Waals surface area contributed by atoms with E-state index in [1.165, 1.54) is 0 Å². The van der Waals surface area contributed by atoms with Gasteiger partial charge in [0.05, 0.1) is 18.5 Å². The molecular weight excluding hydrogens is 318 g/mol. The van der Waals surface area contributed by atoms with Crippen molar-refractivity contribution in [3.8, 4) is 28.4 Å². The Labute approximate surface area is 144 Å². The van der Waals surface area contributed by atoms with Crippen molar-refractivity contribution in [3.63, 3.8) is 0 Å². The number of nitrogens with zero attached hydrogens (tertiary/aromatic N) is 2. The average molecular weight is 335 g/mol. The fourth-order valence-electron chi connectivity index (χ4n) is 3.35. The highest BCUT2D eigenvalue weighted by Gasteiger charge is 2.28. The number of fused-ring (bicyclic) bond motifs is 3. The number of amides is 1. The zero-order chi connectivity index (χ0) is 17.6. The van der Waals surface area contributed by atoms with Crippen LogP contribution < -0.4 is 10.5 Å². The van der Waals surface area contributed by atoms with Crippen LogP contribution >= 0.6 is 0 Å². The molecule has 126 valence electrons. The summed E-state index contributed by atoms with van der Waals surface area (Å²) in [6, 6.07) is 12.7. The number of rotatable bonds is 3. The Kier molecular flexibility index (Phi) is 3.46. The van der Waals surface area contributed by atoms with Gasteiger partial charge >= 0.3 is 0 Å². The molecule has 1 aliphatic carbocycles. The summed E-state index contributed by atoms with van der Waals surface area (Å²) in [6.45, 7) is 0. The van der Waals surface area contributed by atoms with E-state index in [1.807, 2.05) is 30.3 Å². The molecule has 0 unspecified atom stereocenters. The Morgan fingerprint density at radius 3 is 2.64 bits per heavy atom. The van der Waals surface area contributed by atoms with Crippen molar-refractivity contribution >= 4 is 5.91 Å². The predicted octanol–water partition coefficient (Wildman–Crippen LogP) is 2.45. The number of primary amides is 1. The third kappa shape index (κ3) is 2.42. The number of carbonyl (C=O) groups is 1. The van der Waals surface area contributed by atoms with Gasteiger partial charge in [0, 0.05) is 11.1 Å². The molecule has 0 spiro atoms. The van der Waals surface area contributed by atoms with Crippen LogP contribution in [0.3, 0.4) is 0 Å². The van der Waals surface area contributed by atoms with E-state index in [1.54, 1.807) is 23.9 Å². The van der Waals surface area contributed by atoms with Crippen LogP contribution in [0.5, 0.6) is 11.5 Å². The van der Waals surface area contributed by atoms with E-state index in [9.17, 15) is 9.90 Å². The second kappa shape index (κ2) is 5.66. The van der Waals surface area contributed by atoms with Gasteiger partial charge in [-0.05, 0) is 60.9 Å². The van der Waals surface area contributed by atoms with Crippen LogP contribution in [0.15, 0.2) is 42.5 Å². The maximum Gasteiger partial charge on any atom is 0.269 e. The number of benzene rings is 2. The van der Waals surface area contributed by atoms with Crippen LogP contribution in [0.2, 0.25) is 0 Å². The standard InChI is InChI=1S/C19H17N3O3/c1-25-14-6-3-12(4-7-14)22-18-15-9-5-13(23)10-11(15)2-8-16(18)17(21-22)19(20)24/h3-7,9-10,23H,2,8H2,1H3,(H2,20,24). The van der Waals surface area contributed by atoms with Gasteiger partial charge in [0.25, 0.3) is 5.91 Å². The number of nitrogens with two attached hydrogens (primary N) is 1. The molecule has 6 nitrogen and oxygen atoms in total. The molecule has 25 heavy (non-hydrogen) atoms. The molecule has 0 bridgehead atoms. The van der Waals surface area contributed by atoms with Crippen molar-refractivity contribution in [2.75, 3.05) is 7.11 Å². The molecule has 1 heterocycles. The summed E-state index contributed by atoms with van der Waals surface area (Å²) in [6.07, 6.45) is 1.38. The van der Waals surface area contributed by atoms with Crippen LogP contribution in [0.1, 0.15) is 21.6 Å². The first-order valence-corrected chi connectivity index (χ1v) is 7.97. The summed E-state index contributed by atoms with van der Waals surface area (Å²) in [4.78, 5) is 11.9. The summed E-state index contributed by atoms with van der Waals surface area (Å²) in [5.74, 6) is 0.434. The van der Waals surface area contributed by atoms with Crippen LogP contribution in [0.25, 0.3) is 16.9 Å². The van der Waals surface area contributed by atoms with Crippen molar-refractivity contribution in [2.24, 2.45) is 5.73 Å². The monoisotopic (exact) mass is 335 g/mol. The SMILES string of the molecule is COc1ccc(-n2nc(C(N)=O)c3c2-c2ccc(O)cc2CC3)cc1. The Morgan fingerprint density at radius 2 is 1.96 bits per heavy atom. The van der Waals surface area contributed by atoms with Crippen molar-refractivity contribution < 1.29 is 14.6 Å².